The predicted octanol–water partition coefficient (Wildman–Crippen LogP) is 2.81. The van der Waals surface area contributed by atoms with Gasteiger partial charge < -0.3 is 4.98 Å². The van der Waals surface area contributed by atoms with Gasteiger partial charge >= 0.3 is 0 Å². The summed E-state index contributed by atoms with van der Waals surface area (Å²) in [6, 6.07) is 4.15. The molecular formula is C11H6ClFN4. The van der Waals surface area contributed by atoms with E-state index >= 15 is 0 Å². The van der Waals surface area contributed by atoms with Crippen LogP contribution in [0.4, 0.5) is 4.39 Å². The second kappa shape index (κ2) is 3.78. The van der Waals surface area contributed by atoms with E-state index in [1.807, 2.05) is 0 Å². The number of fused-ring (bicyclic) bond motifs is 1. The number of nitrogens with one attached hydrogen (secondary N) is 1. The van der Waals surface area contributed by atoms with Crippen molar-refractivity contribution >= 4 is 22.8 Å². The Morgan fingerprint density at radius 2 is 2.18 bits per heavy atom. The molecule has 6 heteroatoms. The normalized spacial score (nSPS) is 10.9. The van der Waals surface area contributed by atoms with Gasteiger partial charge in [0.15, 0.2) is 5.65 Å². The van der Waals surface area contributed by atoms with E-state index in [4.69, 9.17) is 11.6 Å². The maximum atomic E-state index is 12.9. The summed E-state index contributed by atoms with van der Waals surface area (Å²) in [6.07, 6.45) is 3.04. The van der Waals surface area contributed by atoms with E-state index in [9.17, 15) is 4.39 Å². The summed E-state index contributed by atoms with van der Waals surface area (Å²) < 4.78 is 12.9. The molecule has 3 rings (SSSR count). The van der Waals surface area contributed by atoms with Crippen LogP contribution in [0.25, 0.3) is 22.6 Å². The molecule has 0 aliphatic carbocycles. The molecule has 0 unspecified atom stereocenters. The minimum Gasteiger partial charge on any atom is -0.335 e. The Morgan fingerprint density at radius 3 is 2.94 bits per heavy atom. The summed E-state index contributed by atoms with van der Waals surface area (Å²) in [5.74, 6) is 0.167. The largest absolute Gasteiger partial charge is 0.335 e. The maximum Gasteiger partial charge on any atom is 0.181 e. The molecule has 0 spiro atoms. The lowest BCUT2D eigenvalue weighted by Crippen LogP contribution is -1.83. The molecule has 84 valence electrons. The van der Waals surface area contributed by atoms with Gasteiger partial charge in [-0.2, -0.15) is 0 Å². The van der Waals surface area contributed by atoms with Crippen molar-refractivity contribution in [2.45, 2.75) is 0 Å². The van der Waals surface area contributed by atoms with Crippen LogP contribution in [0, 0.1) is 5.82 Å². The Balaban J connectivity index is 2.20. The molecule has 0 saturated carbocycles. The Bertz CT molecular complexity index is 662. The summed E-state index contributed by atoms with van der Waals surface area (Å²) in [4.78, 5) is 15.2. The molecular weight excluding hydrogens is 243 g/mol. The number of nitrogens with zero attached hydrogens (tertiary/aromatic N) is 3. The SMILES string of the molecule is Fc1ccc(-c2nc3ncncc3[nH]2)c(Cl)c1. The number of hydrogen-bond donors (Lipinski definition) is 1. The molecule has 0 aliphatic heterocycles. The van der Waals surface area contributed by atoms with Crippen molar-refractivity contribution in [3.8, 4) is 11.4 Å². The van der Waals surface area contributed by atoms with Crippen molar-refractivity contribution < 1.29 is 4.39 Å². The van der Waals surface area contributed by atoms with Crippen molar-refractivity contribution in [3.05, 3.63) is 41.6 Å². The number of aromatic amines is 1. The van der Waals surface area contributed by atoms with Gasteiger partial charge in [0.05, 0.1) is 11.2 Å². The molecule has 0 amide bonds. The van der Waals surface area contributed by atoms with Crippen LogP contribution in [0.5, 0.6) is 0 Å². The lowest BCUT2D eigenvalue weighted by atomic mass is 10.2. The van der Waals surface area contributed by atoms with Crippen LogP contribution < -0.4 is 0 Å². The van der Waals surface area contributed by atoms with Gasteiger partial charge in [-0.1, -0.05) is 11.6 Å². The highest BCUT2D eigenvalue weighted by molar-refractivity contribution is 6.33. The quantitative estimate of drug-likeness (QED) is 0.720. The van der Waals surface area contributed by atoms with Crippen LogP contribution in [0.2, 0.25) is 5.02 Å². The number of benzene rings is 1. The Morgan fingerprint density at radius 1 is 1.29 bits per heavy atom. The molecule has 3 aromatic rings. The average Bonchev–Trinajstić information content (AvgIpc) is 2.72. The van der Waals surface area contributed by atoms with Crippen LogP contribution in [-0.4, -0.2) is 19.9 Å². The molecule has 0 bridgehead atoms. The third-order valence-electron chi connectivity index (χ3n) is 2.35. The van der Waals surface area contributed by atoms with E-state index < -0.39 is 0 Å². The molecule has 0 atom stereocenters. The lowest BCUT2D eigenvalue weighted by Gasteiger charge is -1.99. The molecule has 1 aromatic carbocycles. The zero-order valence-electron chi connectivity index (χ0n) is 8.48. The molecule has 2 aromatic heterocycles. The second-order valence-corrected chi connectivity index (χ2v) is 3.88. The number of rotatable bonds is 1. The van der Waals surface area contributed by atoms with E-state index in [-0.39, 0.29) is 5.82 Å². The maximum absolute atomic E-state index is 12.9. The third-order valence-corrected chi connectivity index (χ3v) is 2.66. The number of H-pyrrole nitrogens is 1. The minimum atomic E-state index is -0.380. The zero-order valence-corrected chi connectivity index (χ0v) is 9.24. The smallest absolute Gasteiger partial charge is 0.181 e. The van der Waals surface area contributed by atoms with Gasteiger partial charge in [0, 0.05) is 5.56 Å². The van der Waals surface area contributed by atoms with Crippen LogP contribution in [0.1, 0.15) is 0 Å². The predicted molar refractivity (Wildman–Crippen MR) is 62.1 cm³/mol. The fourth-order valence-electron chi connectivity index (χ4n) is 1.57. The number of imidazole rings is 1. The summed E-state index contributed by atoms with van der Waals surface area (Å²) in [7, 11) is 0. The number of aromatic nitrogens is 4. The summed E-state index contributed by atoms with van der Waals surface area (Å²) >= 11 is 5.96. The monoisotopic (exact) mass is 248 g/mol. The van der Waals surface area contributed by atoms with E-state index in [2.05, 4.69) is 19.9 Å². The molecule has 1 N–H and O–H groups in total. The van der Waals surface area contributed by atoms with Gasteiger partial charge in [-0.15, -0.1) is 0 Å². The highest BCUT2D eigenvalue weighted by atomic mass is 35.5. The Hall–Kier alpha value is -2.01. The molecule has 0 saturated heterocycles. The summed E-state index contributed by atoms with van der Waals surface area (Å²) in [5.41, 5.74) is 1.89. The van der Waals surface area contributed by atoms with Crippen molar-refractivity contribution in [1.29, 1.82) is 0 Å². The standard InChI is InChI=1S/C11H6ClFN4/c12-8-3-6(13)1-2-7(8)10-16-9-4-14-5-15-11(9)17-10/h1-5H,(H,14,15,16,17). The highest BCUT2D eigenvalue weighted by Crippen LogP contribution is 2.27. The molecule has 2 heterocycles. The highest BCUT2D eigenvalue weighted by Gasteiger charge is 2.10. The second-order valence-electron chi connectivity index (χ2n) is 3.47. The molecule has 0 radical (unpaired) electrons. The minimum absolute atomic E-state index is 0.303. The van der Waals surface area contributed by atoms with E-state index in [1.165, 1.54) is 18.5 Å². The number of hydrogen-bond acceptors (Lipinski definition) is 3. The van der Waals surface area contributed by atoms with Gasteiger partial charge in [0.2, 0.25) is 0 Å². The third kappa shape index (κ3) is 1.74. The Labute approximate surface area is 101 Å². The van der Waals surface area contributed by atoms with Gasteiger partial charge in [-0.3, -0.25) is 0 Å². The molecule has 4 nitrogen and oxygen atoms in total. The van der Waals surface area contributed by atoms with E-state index in [0.717, 1.165) is 0 Å². The molecule has 0 aliphatic rings. The Kier molecular flexibility index (Phi) is 2.26. The van der Waals surface area contributed by atoms with Crippen molar-refractivity contribution in [2.75, 3.05) is 0 Å². The van der Waals surface area contributed by atoms with Crippen molar-refractivity contribution in [3.63, 3.8) is 0 Å². The number of halogens is 2. The lowest BCUT2D eigenvalue weighted by molar-refractivity contribution is 0.628. The van der Waals surface area contributed by atoms with E-state index in [1.54, 1.807) is 12.3 Å². The van der Waals surface area contributed by atoms with Crippen molar-refractivity contribution in [1.82, 2.24) is 19.9 Å². The zero-order chi connectivity index (χ0) is 11.8. The van der Waals surface area contributed by atoms with Gasteiger partial charge in [0.1, 0.15) is 23.5 Å². The van der Waals surface area contributed by atoms with Gasteiger partial charge in [0.25, 0.3) is 0 Å². The summed E-state index contributed by atoms with van der Waals surface area (Å²) in [5, 5.41) is 0.303. The first kappa shape index (κ1) is 10.2. The van der Waals surface area contributed by atoms with Gasteiger partial charge in [-0.05, 0) is 18.2 Å². The summed E-state index contributed by atoms with van der Waals surface area (Å²) in [6.45, 7) is 0. The van der Waals surface area contributed by atoms with Crippen LogP contribution >= 0.6 is 11.6 Å². The van der Waals surface area contributed by atoms with Crippen LogP contribution in [0.3, 0.4) is 0 Å². The molecule has 0 fully saturated rings. The van der Waals surface area contributed by atoms with Crippen LogP contribution in [-0.2, 0) is 0 Å². The fourth-order valence-corrected chi connectivity index (χ4v) is 1.83. The molecule has 17 heavy (non-hydrogen) atoms. The van der Waals surface area contributed by atoms with Crippen molar-refractivity contribution in [2.24, 2.45) is 0 Å². The van der Waals surface area contributed by atoms with E-state index in [0.29, 0.717) is 27.6 Å². The first-order valence-electron chi connectivity index (χ1n) is 4.85. The van der Waals surface area contributed by atoms with Gasteiger partial charge in [-0.25, -0.2) is 19.3 Å². The first-order chi connectivity index (χ1) is 8.24. The average molecular weight is 249 g/mol. The fraction of sp³-hybridized carbons (Fsp3) is 0. The first-order valence-corrected chi connectivity index (χ1v) is 5.23. The topological polar surface area (TPSA) is 54.5 Å². The van der Waals surface area contributed by atoms with Crippen LogP contribution in [0.15, 0.2) is 30.7 Å².